The predicted molar refractivity (Wildman–Crippen MR) is 87.2 cm³/mol. The quantitative estimate of drug-likeness (QED) is 0.486. The van der Waals surface area contributed by atoms with E-state index < -0.39 is 21.2 Å². The zero-order chi connectivity index (χ0) is 18.0. The Kier molecular flexibility index (Phi) is 4.54. The molecule has 2 rings (SSSR count). The SMILES string of the molecule is COc1cc(Nc2ccc(O)c(C)c2C)c([N+](=O)[O-])cc1[N+](=O)[O-]. The first-order valence-electron chi connectivity index (χ1n) is 6.83. The monoisotopic (exact) mass is 333 g/mol. The highest BCUT2D eigenvalue weighted by molar-refractivity contribution is 5.77. The van der Waals surface area contributed by atoms with Gasteiger partial charge in [-0.25, -0.2) is 0 Å². The van der Waals surface area contributed by atoms with Crippen molar-refractivity contribution in [3.05, 3.63) is 55.6 Å². The van der Waals surface area contributed by atoms with Gasteiger partial charge in [0.15, 0.2) is 5.75 Å². The first-order valence-corrected chi connectivity index (χ1v) is 6.83. The van der Waals surface area contributed by atoms with Crippen molar-refractivity contribution in [1.82, 2.24) is 0 Å². The van der Waals surface area contributed by atoms with Crippen LogP contribution in [0.3, 0.4) is 0 Å². The summed E-state index contributed by atoms with van der Waals surface area (Å²) in [7, 11) is 1.24. The van der Waals surface area contributed by atoms with Gasteiger partial charge in [0.05, 0.1) is 23.0 Å². The van der Waals surface area contributed by atoms with Crippen molar-refractivity contribution in [2.24, 2.45) is 0 Å². The molecular weight excluding hydrogens is 318 g/mol. The second-order valence-corrected chi connectivity index (χ2v) is 5.06. The number of phenols is 1. The molecule has 0 saturated carbocycles. The standard InChI is InChI=1S/C15H15N3O6/c1-8-9(2)14(19)5-4-10(8)16-11-6-15(24-3)13(18(22)23)7-12(11)17(20)21/h4-7,16,19H,1-3H3. The summed E-state index contributed by atoms with van der Waals surface area (Å²) in [5.74, 6) is 0.00934. The molecule has 9 heteroatoms. The van der Waals surface area contributed by atoms with Crippen LogP contribution in [0.4, 0.5) is 22.7 Å². The number of rotatable bonds is 5. The summed E-state index contributed by atoms with van der Waals surface area (Å²) < 4.78 is 4.95. The lowest BCUT2D eigenvalue weighted by Crippen LogP contribution is -2.02. The Balaban J connectivity index is 2.59. The Morgan fingerprint density at radius 2 is 1.62 bits per heavy atom. The summed E-state index contributed by atoms with van der Waals surface area (Å²) in [6, 6.07) is 5.08. The summed E-state index contributed by atoms with van der Waals surface area (Å²) in [4.78, 5) is 20.8. The fourth-order valence-electron chi connectivity index (χ4n) is 2.20. The number of benzene rings is 2. The number of phenolic OH excluding ortho intramolecular Hbond substituents is 1. The van der Waals surface area contributed by atoms with E-state index in [-0.39, 0.29) is 17.2 Å². The molecule has 0 saturated heterocycles. The van der Waals surface area contributed by atoms with Crippen LogP contribution in [0.15, 0.2) is 24.3 Å². The molecule has 0 amide bonds. The van der Waals surface area contributed by atoms with Crippen LogP contribution in [0, 0.1) is 34.1 Å². The van der Waals surface area contributed by atoms with Crippen molar-refractivity contribution in [3.63, 3.8) is 0 Å². The van der Waals surface area contributed by atoms with E-state index in [0.717, 1.165) is 6.07 Å². The summed E-state index contributed by atoms with van der Waals surface area (Å²) in [5, 5.41) is 34.8. The molecule has 0 aromatic heterocycles. The van der Waals surface area contributed by atoms with Crippen molar-refractivity contribution in [1.29, 1.82) is 0 Å². The summed E-state index contributed by atoms with van der Waals surface area (Å²) in [6.45, 7) is 3.45. The lowest BCUT2D eigenvalue weighted by Gasteiger charge is -2.13. The van der Waals surface area contributed by atoms with E-state index in [1.165, 1.54) is 19.2 Å². The fraction of sp³-hybridized carbons (Fsp3) is 0.200. The maximum atomic E-state index is 11.3. The molecule has 2 aromatic rings. The van der Waals surface area contributed by atoms with Gasteiger partial charge >= 0.3 is 5.69 Å². The van der Waals surface area contributed by atoms with Crippen molar-refractivity contribution >= 4 is 22.7 Å². The van der Waals surface area contributed by atoms with Crippen LogP contribution in [-0.2, 0) is 0 Å². The van der Waals surface area contributed by atoms with Crippen molar-refractivity contribution in [2.45, 2.75) is 13.8 Å². The van der Waals surface area contributed by atoms with Crippen LogP contribution in [0.1, 0.15) is 11.1 Å². The number of aromatic hydroxyl groups is 1. The van der Waals surface area contributed by atoms with Gasteiger partial charge in [0.25, 0.3) is 5.69 Å². The van der Waals surface area contributed by atoms with Crippen LogP contribution >= 0.6 is 0 Å². The first-order chi connectivity index (χ1) is 11.3. The number of nitro groups is 2. The Hall–Kier alpha value is -3.36. The molecule has 0 spiro atoms. The number of anilines is 2. The molecule has 24 heavy (non-hydrogen) atoms. The Morgan fingerprint density at radius 1 is 1.00 bits per heavy atom. The van der Waals surface area contributed by atoms with E-state index in [0.29, 0.717) is 16.8 Å². The summed E-state index contributed by atoms with van der Waals surface area (Å²) in [6.07, 6.45) is 0. The third-order valence-electron chi connectivity index (χ3n) is 3.72. The second-order valence-electron chi connectivity index (χ2n) is 5.06. The molecule has 0 unspecified atom stereocenters. The third-order valence-corrected chi connectivity index (χ3v) is 3.72. The van der Waals surface area contributed by atoms with Crippen LogP contribution in [0.25, 0.3) is 0 Å². The van der Waals surface area contributed by atoms with Crippen LogP contribution < -0.4 is 10.1 Å². The predicted octanol–water partition coefficient (Wildman–Crippen LogP) is 3.58. The molecule has 2 N–H and O–H groups in total. The average molecular weight is 333 g/mol. The maximum Gasteiger partial charge on any atom is 0.317 e. The normalized spacial score (nSPS) is 10.3. The highest BCUT2D eigenvalue weighted by Gasteiger charge is 2.25. The van der Waals surface area contributed by atoms with Gasteiger partial charge in [-0.3, -0.25) is 20.2 Å². The molecule has 0 aliphatic rings. The molecular formula is C15H15N3O6. The average Bonchev–Trinajstić information content (AvgIpc) is 2.54. The molecule has 0 heterocycles. The maximum absolute atomic E-state index is 11.3. The molecule has 0 fully saturated rings. The Morgan fingerprint density at radius 3 is 2.17 bits per heavy atom. The van der Waals surface area contributed by atoms with Gasteiger partial charge in [-0.05, 0) is 37.1 Å². The molecule has 0 bridgehead atoms. The minimum absolute atomic E-state index is 0.0515. The Labute approximate surface area is 136 Å². The Bertz CT molecular complexity index is 834. The second kappa shape index (κ2) is 6.41. The molecule has 0 atom stereocenters. The zero-order valence-corrected chi connectivity index (χ0v) is 13.2. The van der Waals surface area contributed by atoms with E-state index >= 15 is 0 Å². The van der Waals surface area contributed by atoms with Gasteiger partial charge < -0.3 is 15.2 Å². The molecule has 0 aliphatic carbocycles. The molecule has 0 radical (unpaired) electrons. The molecule has 9 nitrogen and oxygen atoms in total. The number of hydrogen-bond acceptors (Lipinski definition) is 7. The van der Waals surface area contributed by atoms with Crippen molar-refractivity contribution in [2.75, 3.05) is 12.4 Å². The highest BCUT2D eigenvalue weighted by Crippen LogP contribution is 2.39. The van der Waals surface area contributed by atoms with E-state index in [4.69, 9.17) is 4.74 Å². The van der Waals surface area contributed by atoms with Gasteiger partial charge in [-0.1, -0.05) is 0 Å². The molecule has 2 aromatic carbocycles. The lowest BCUT2D eigenvalue weighted by molar-refractivity contribution is -0.394. The highest BCUT2D eigenvalue weighted by atomic mass is 16.6. The van der Waals surface area contributed by atoms with Gasteiger partial charge in [0, 0.05) is 11.8 Å². The fourth-order valence-corrected chi connectivity index (χ4v) is 2.20. The summed E-state index contributed by atoms with van der Waals surface area (Å²) >= 11 is 0. The topological polar surface area (TPSA) is 128 Å². The van der Waals surface area contributed by atoms with Gasteiger partial charge in [-0.15, -0.1) is 0 Å². The van der Waals surface area contributed by atoms with Crippen LogP contribution in [-0.4, -0.2) is 22.1 Å². The first kappa shape index (κ1) is 17.0. The van der Waals surface area contributed by atoms with E-state index in [1.807, 2.05) is 0 Å². The molecule has 126 valence electrons. The van der Waals surface area contributed by atoms with Gasteiger partial charge in [0.1, 0.15) is 11.4 Å². The molecule has 0 aliphatic heterocycles. The smallest absolute Gasteiger partial charge is 0.317 e. The number of ether oxygens (including phenoxy) is 1. The summed E-state index contributed by atoms with van der Waals surface area (Å²) in [5.41, 5.74) is 0.957. The number of hydrogen-bond donors (Lipinski definition) is 2. The van der Waals surface area contributed by atoms with E-state index in [2.05, 4.69) is 5.32 Å². The minimum Gasteiger partial charge on any atom is -0.508 e. The van der Waals surface area contributed by atoms with Crippen LogP contribution in [0.2, 0.25) is 0 Å². The van der Waals surface area contributed by atoms with Gasteiger partial charge in [-0.2, -0.15) is 0 Å². The largest absolute Gasteiger partial charge is 0.508 e. The lowest BCUT2D eigenvalue weighted by atomic mass is 10.1. The number of nitrogens with zero attached hydrogens (tertiary/aromatic N) is 2. The zero-order valence-electron chi connectivity index (χ0n) is 13.2. The third kappa shape index (κ3) is 3.05. The minimum atomic E-state index is -0.744. The number of nitrogens with one attached hydrogen (secondary N) is 1. The van der Waals surface area contributed by atoms with Gasteiger partial charge in [0.2, 0.25) is 0 Å². The van der Waals surface area contributed by atoms with Crippen molar-refractivity contribution < 1.29 is 19.7 Å². The van der Waals surface area contributed by atoms with Crippen LogP contribution in [0.5, 0.6) is 11.5 Å². The number of methoxy groups -OCH3 is 1. The van der Waals surface area contributed by atoms with Crippen molar-refractivity contribution in [3.8, 4) is 11.5 Å². The van der Waals surface area contributed by atoms with E-state index in [1.54, 1.807) is 19.9 Å². The number of nitro benzene ring substituents is 2. The van der Waals surface area contributed by atoms with E-state index in [9.17, 15) is 25.3 Å².